The monoisotopic (exact) mass is 262 g/mol. The number of ether oxygens (including phenoxy) is 1. The Hall–Kier alpha value is -0.170. The van der Waals surface area contributed by atoms with Crippen molar-refractivity contribution in [2.24, 2.45) is 5.92 Å². The lowest BCUT2D eigenvalue weighted by atomic mass is 9.87. The maximum Gasteiger partial charge on any atom is 0.211 e. The van der Waals surface area contributed by atoms with E-state index in [1.165, 1.54) is 6.42 Å². The second kappa shape index (κ2) is 6.13. The molecular weight excluding hydrogens is 240 g/mol. The highest BCUT2D eigenvalue weighted by molar-refractivity contribution is 7.89. The summed E-state index contributed by atoms with van der Waals surface area (Å²) in [5, 5.41) is 3.24. The van der Waals surface area contributed by atoms with Crippen LogP contribution in [-0.4, -0.2) is 46.5 Å². The summed E-state index contributed by atoms with van der Waals surface area (Å²) in [4.78, 5) is 0. The van der Waals surface area contributed by atoms with Gasteiger partial charge >= 0.3 is 0 Å². The second-order valence-electron chi connectivity index (χ2n) is 4.98. The number of rotatable bonds is 5. The van der Waals surface area contributed by atoms with Gasteiger partial charge in [-0.05, 0) is 31.7 Å². The molecule has 2 N–H and O–H groups in total. The van der Waals surface area contributed by atoms with Crippen molar-refractivity contribution in [3.63, 3.8) is 0 Å². The Morgan fingerprint density at radius 3 is 2.82 bits per heavy atom. The zero-order chi connectivity index (χ0) is 12.1. The van der Waals surface area contributed by atoms with Crippen LogP contribution in [0.1, 0.15) is 25.7 Å². The first-order chi connectivity index (χ1) is 8.16. The fourth-order valence-corrected chi connectivity index (χ4v) is 3.66. The summed E-state index contributed by atoms with van der Waals surface area (Å²) in [6.07, 6.45) is 4.25. The molecule has 2 aliphatic rings. The molecule has 6 heteroatoms. The van der Waals surface area contributed by atoms with Crippen molar-refractivity contribution in [3.8, 4) is 0 Å². The van der Waals surface area contributed by atoms with Crippen LogP contribution >= 0.6 is 0 Å². The maximum atomic E-state index is 11.8. The molecule has 1 aliphatic heterocycles. The van der Waals surface area contributed by atoms with Gasteiger partial charge in [-0.2, -0.15) is 0 Å². The van der Waals surface area contributed by atoms with Gasteiger partial charge in [0.15, 0.2) is 0 Å². The Labute approximate surface area is 103 Å². The number of hydrogen-bond donors (Lipinski definition) is 2. The van der Waals surface area contributed by atoms with E-state index in [0.717, 1.165) is 32.4 Å². The van der Waals surface area contributed by atoms with Crippen LogP contribution in [0.4, 0.5) is 0 Å². The Balaban J connectivity index is 1.71. The normalized spacial score (nSPS) is 27.4. The van der Waals surface area contributed by atoms with E-state index in [1.54, 1.807) is 0 Å². The zero-order valence-electron chi connectivity index (χ0n) is 10.2. The summed E-state index contributed by atoms with van der Waals surface area (Å²) in [5.74, 6) is 0.660. The average Bonchev–Trinajstić information content (AvgIpc) is 2.49. The van der Waals surface area contributed by atoms with Gasteiger partial charge in [-0.1, -0.05) is 6.42 Å². The smallest absolute Gasteiger partial charge is 0.211 e. The number of sulfonamides is 1. The molecule has 100 valence electrons. The van der Waals surface area contributed by atoms with Crippen molar-refractivity contribution in [3.05, 3.63) is 0 Å². The van der Waals surface area contributed by atoms with E-state index in [9.17, 15) is 8.42 Å². The molecule has 1 aliphatic carbocycles. The topological polar surface area (TPSA) is 67.4 Å². The lowest BCUT2D eigenvalue weighted by Crippen LogP contribution is -2.40. The standard InChI is InChI=1S/C11H22N2O3S/c14-17(15,9-10-3-1-4-10)13-8-11-7-12-5-2-6-16-11/h10-13H,1-9H2. The Bertz CT molecular complexity index is 320. The summed E-state index contributed by atoms with van der Waals surface area (Å²) in [6, 6.07) is 0. The SMILES string of the molecule is O=S(=O)(CC1CCC1)NCC1CNCCCO1. The highest BCUT2D eigenvalue weighted by Gasteiger charge is 2.25. The molecule has 5 nitrogen and oxygen atoms in total. The van der Waals surface area contributed by atoms with Crippen LogP contribution in [0, 0.1) is 5.92 Å². The van der Waals surface area contributed by atoms with E-state index in [0.29, 0.717) is 19.1 Å². The molecule has 0 aromatic rings. The van der Waals surface area contributed by atoms with Gasteiger partial charge in [0.1, 0.15) is 0 Å². The molecule has 0 aromatic heterocycles. The minimum Gasteiger partial charge on any atom is -0.375 e. The van der Waals surface area contributed by atoms with Crippen LogP contribution in [0.2, 0.25) is 0 Å². The number of nitrogens with one attached hydrogen (secondary N) is 2. The molecule has 1 saturated carbocycles. The summed E-state index contributed by atoms with van der Waals surface area (Å²) >= 11 is 0. The molecule has 1 saturated heterocycles. The lowest BCUT2D eigenvalue weighted by molar-refractivity contribution is 0.0707. The van der Waals surface area contributed by atoms with Crippen LogP contribution in [0.5, 0.6) is 0 Å². The van der Waals surface area contributed by atoms with Gasteiger partial charge in [-0.25, -0.2) is 13.1 Å². The minimum absolute atomic E-state index is 0.0336. The maximum absolute atomic E-state index is 11.8. The molecule has 1 heterocycles. The first-order valence-electron chi connectivity index (χ1n) is 6.45. The largest absolute Gasteiger partial charge is 0.375 e. The summed E-state index contributed by atoms with van der Waals surface area (Å²) < 4.78 is 31.8. The molecule has 0 radical (unpaired) electrons. The third-order valence-electron chi connectivity index (χ3n) is 3.43. The highest BCUT2D eigenvalue weighted by Crippen LogP contribution is 2.27. The first-order valence-corrected chi connectivity index (χ1v) is 8.10. The van der Waals surface area contributed by atoms with E-state index >= 15 is 0 Å². The fourth-order valence-electron chi connectivity index (χ4n) is 2.15. The second-order valence-corrected chi connectivity index (χ2v) is 6.83. The molecule has 2 rings (SSSR count). The van der Waals surface area contributed by atoms with Crippen LogP contribution < -0.4 is 10.0 Å². The van der Waals surface area contributed by atoms with E-state index in [4.69, 9.17) is 4.74 Å². The third kappa shape index (κ3) is 4.54. The quantitative estimate of drug-likeness (QED) is 0.736. The van der Waals surface area contributed by atoms with Crippen molar-refractivity contribution in [1.29, 1.82) is 0 Å². The third-order valence-corrected chi connectivity index (χ3v) is 4.95. The van der Waals surface area contributed by atoms with E-state index < -0.39 is 10.0 Å². The van der Waals surface area contributed by atoms with Crippen LogP contribution in [-0.2, 0) is 14.8 Å². The van der Waals surface area contributed by atoms with Crippen molar-refractivity contribution >= 4 is 10.0 Å². The molecule has 0 spiro atoms. The summed E-state index contributed by atoms with van der Waals surface area (Å²) in [6.45, 7) is 2.78. The van der Waals surface area contributed by atoms with Gasteiger partial charge < -0.3 is 10.1 Å². The summed E-state index contributed by atoms with van der Waals surface area (Å²) in [5.41, 5.74) is 0. The van der Waals surface area contributed by atoms with Gasteiger partial charge in [-0.3, -0.25) is 0 Å². The van der Waals surface area contributed by atoms with Gasteiger partial charge in [0, 0.05) is 19.7 Å². The van der Waals surface area contributed by atoms with Crippen molar-refractivity contribution in [2.45, 2.75) is 31.8 Å². The Kier molecular flexibility index (Phi) is 4.78. The zero-order valence-corrected chi connectivity index (χ0v) is 11.0. The molecule has 0 aromatic carbocycles. The molecule has 0 bridgehead atoms. The summed E-state index contributed by atoms with van der Waals surface area (Å²) in [7, 11) is -3.11. The van der Waals surface area contributed by atoms with E-state index in [-0.39, 0.29) is 11.9 Å². The van der Waals surface area contributed by atoms with Gasteiger partial charge in [-0.15, -0.1) is 0 Å². The fraction of sp³-hybridized carbons (Fsp3) is 1.00. The number of hydrogen-bond acceptors (Lipinski definition) is 4. The average molecular weight is 262 g/mol. The molecule has 0 amide bonds. The van der Waals surface area contributed by atoms with Crippen molar-refractivity contribution in [2.75, 3.05) is 32.0 Å². The van der Waals surface area contributed by atoms with Gasteiger partial charge in [0.25, 0.3) is 0 Å². The Morgan fingerprint density at radius 2 is 2.12 bits per heavy atom. The Morgan fingerprint density at radius 1 is 1.29 bits per heavy atom. The van der Waals surface area contributed by atoms with E-state index in [1.807, 2.05) is 0 Å². The van der Waals surface area contributed by atoms with Crippen molar-refractivity contribution < 1.29 is 13.2 Å². The van der Waals surface area contributed by atoms with Gasteiger partial charge in [0.2, 0.25) is 10.0 Å². The van der Waals surface area contributed by atoms with Crippen LogP contribution in [0.25, 0.3) is 0 Å². The minimum atomic E-state index is -3.11. The van der Waals surface area contributed by atoms with Crippen LogP contribution in [0.15, 0.2) is 0 Å². The highest BCUT2D eigenvalue weighted by atomic mass is 32.2. The predicted molar refractivity (Wildman–Crippen MR) is 66.4 cm³/mol. The van der Waals surface area contributed by atoms with Gasteiger partial charge in [0.05, 0.1) is 11.9 Å². The lowest BCUT2D eigenvalue weighted by Gasteiger charge is -2.25. The first kappa shape index (κ1) is 13.3. The van der Waals surface area contributed by atoms with Crippen molar-refractivity contribution in [1.82, 2.24) is 10.0 Å². The predicted octanol–water partition coefficient (Wildman–Crippen LogP) is 0.0844. The van der Waals surface area contributed by atoms with E-state index in [2.05, 4.69) is 10.0 Å². The molecular formula is C11H22N2O3S. The molecule has 2 fully saturated rings. The van der Waals surface area contributed by atoms with Crippen LogP contribution in [0.3, 0.4) is 0 Å². The molecule has 17 heavy (non-hydrogen) atoms. The molecule has 1 atom stereocenters. The molecule has 1 unspecified atom stereocenters.